The van der Waals surface area contributed by atoms with Crippen LogP contribution in [0.5, 0.6) is 0 Å². The summed E-state index contributed by atoms with van der Waals surface area (Å²) in [7, 11) is 0. The minimum absolute atomic E-state index is 0.0202. The fraction of sp³-hybridized carbons (Fsp3) is 0.417. The van der Waals surface area contributed by atoms with Gasteiger partial charge in [0.25, 0.3) is 0 Å². The van der Waals surface area contributed by atoms with Crippen LogP contribution in [0.25, 0.3) is 0 Å². The lowest BCUT2D eigenvalue weighted by atomic mass is 9.95. The molecule has 1 amide bonds. The third kappa shape index (κ3) is 1.86. The monoisotopic (exact) mass is 236 g/mol. The molecule has 2 aliphatic rings. The summed E-state index contributed by atoms with van der Waals surface area (Å²) in [6.45, 7) is 1.05. The van der Waals surface area contributed by atoms with Gasteiger partial charge < -0.3 is 15.4 Å². The molecule has 1 fully saturated rings. The molecule has 2 unspecified atom stereocenters. The van der Waals surface area contributed by atoms with E-state index in [0.29, 0.717) is 24.6 Å². The van der Waals surface area contributed by atoms with E-state index in [2.05, 4.69) is 10.6 Å². The zero-order chi connectivity index (χ0) is 11.8. The van der Waals surface area contributed by atoms with Crippen LogP contribution < -0.4 is 10.6 Å². The number of ether oxygens (including phenoxy) is 1. The largest absolute Gasteiger partial charge is 0.380 e. The van der Waals surface area contributed by atoms with Crippen molar-refractivity contribution < 1.29 is 13.9 Å². The van der Waals surface area contributed by atoms with Crippen LogP contribution in [0.4, 0.5) is 15.8 Å². The topological polar surface area (TPSA) is 50.4 Å². The first-order chi connectivity index (χ1) is 8.24. The number of nitrogens with one attached hydrogen (secondary N) is 2. The van der Waals surface area contributed by atoms with Crippen LogP contribution in [0.15, 0.2) is 18.2 Å². The molecule has 0 aliphatic carbocycles. The second kappa shape index (κ2) is 4.00. The summed E-state index contributed by atoms with van der Waals surface area (Å²) in [6.07, 6.45) is 0.758. The van der Waals surface area contributed by atoms with E-state index in [1.165, 1.54) is 12.1 Å². The van der Waals surface area contributed by atoms with Crippen LogP contribution in [-0.4, -0.2) is 25.2 Å². The summed E-state index contributed by atoms with van der Waals surface area (Å²) in [5, 5.41) is 6.03. The Hall–Kier alpha value is -1.62. The molecule has 0 aromatic heterocycles. The van der Waals surface area contributed by atoms with Gasteiger partial charge in [0, 0.05) is 12.6 Å². The molecule has 2 atom stereocenters. The second-order valence-electron chi connectivity index (χ2n) is 4.40. The van der Waals surface area contributed by atoms with Gasteiger partial charge in [-0.2, -0.15) is 0 Å². The third-order valence-corrected chi connectivity index (χ3v) is 3.27. The second-order valence-corrected chi connectivity index (χ2v) is 4.40. The molecule has 5 heteroatoms. The van der Waals surface area contributed by atoms with Crippen LogP contribution in [0.1, 0.15) is 6.42 Å². The maximum Gasteiger partial charge on any atom is 0.231 e. The molecule has 0 radical (unpaired) electrons. The molecule has 4 nitrogen and oxygen atoms in total. The van der Waals surface area contributed by atoms with Gasteiger partial charge in [0.15, 0.2) is 0 Å². The number of carbonyl (C=O) groups excluding carboxylic acids is 1. The van der Waals surface area contributed by atoms with Crippen molar-refractivity contribution in [1.82, 2.24) is 0 Å². The number of anilines is 2. The molecule has 1 aromatic carbocycles. The molecule has 2 N–H and O–H groups in total. The van der Waals surface area contributed by atoms with Crippen molar-refractivity contribution in [2.75, 3.05) is 23.8 Å². The quantitative estimate of drug-likeness (QED) is 0.719. The first-order valence-corrected chi connectivity index (χ1v) is 5.69. The Morgan fingerprint density at radius 2 is 2.24 bits per heavy atom. The van der Waals surface area contributed by atoms with Crippen molar-refractivity contribution in [2.45, 2.75) is 12.5 Å². The van der Waals surface area contributed by atoms with Crippen molar-refractivity contribution in [2.24, 2.45) is 5.92 Å². The third-order valence-electron chi connectivity index (χ3n) is 3.27. The number of benzene rings is 1. The fourth-order valence-corrected chi connectivity index (χ4v) is 2.34. The van der Waals surface area contributed by atoms with Crippen molar-refractivity contribution in [3.8, 4) is 0 Å². The van der Waals surface area contributed by atoms with E-state index < -0.39 is 0 Å². The fourth-order valence-electron chi connectivity index (χ4n) is 2.34. The minimum Gasteiger partial charge on any atom is -0.380 e. The first-order valence-electron chi connectivity index (χ1n) is 5.69. The van der Waals surface area contributed by atoms with Crippen LogP contribution in [0.3, 0.4) is 0 Å². The lowest BCUT2D eigenvalue weighted by Crippen LogP contribution is -2.42. The predicted octanol–water partition coefficient (Wildman–Crippen LogP) is 1.59. The number of carbonyl (C=O) groups is 1. The average molecular weight is 236 g/mol. The Labute approximate surface area is 98.1 Å². The molecule has 1 aromatic rings. The molecule has 0 saturated carbocycles. The summed E-state index contributed by atoms with van der Waals surface area (Å²) in [5.41, 5.74) is 1.28. The Balaban J connectivity index is 1.98. The van der Waals surface area contributed by atoms with Crippen LogP contribution in [-0.2, 0) is 9.53 Å². The Kier molecular flexibility index (Phi) is 2.48. The molecular formula is C12H13FN2O2. The minimum atomic E-state index is -0.309. The highest BCUT2D eigenvalue weighted by molar-refractivity contribution is 5.98. The number of hydrogen-bond donors (Lipinski definition) is 2. The van der Waals surface area contributed by atoms with Crippen molar-refractivity contribution in [1.29, 1.82) is 0 Å². The lowest BCUT2D eigenvalue weighted by Gasteiger charge is -2.29. The Morgan fingerprint density at radius 1 is 1.35 bits per heavy atom. The van der Waals surface area contributed by atoms with Crippen molar-refractivity contribution >= 4 is 17.3 Å². The maximum atomic E-state index is 13.2. The van der Waals surface area contributed by atoms with E-state index in [0.717, 1.165) is 6.42 Å². The van der Waals surface area contributed by atoms with Crippen LogP contribution in [0.2, 0.25) is 0 Å². The summed E-state index contributed by atoms with van der Waals surface area (Å²) in [5.74, 6) is -0.581. The smallest absolute Gasteiger partial charge is 0.231 e. The number of halogens is 1. The predicted molar refractivity (Wildman–Crippen MR) is 61.4 cm³/mol. The van der Waals surface area contributed by atoms with Gasteiger partial charge in [-0.1, -0.05) is 0 Å². The van der Waals surface area contributed by atoms with Gasteiger partial charge >= 0.3 is 0 Å². The van der Waals surface area contributed by atoms with Gasteiger partial charge in [0.1, 0.15) is 5.82 Å². The Morgan fingerprint density at radius 3 is 3.12 bits per heavy atom. The molecule has 2 aliphatic heterocycles. The summed E-state index contributed by atoms with van der Waals surface area (Å²) >= 11 is 0. The molecule has 0 spiro atoms. The Bertz CT molecular complexity index is 464. The normalized spacial score (nSPS) is 27.2. The number of fused-ring (bicyclic) bond motifs is 2. The van der Waals surface area contributed by atoms with E-state index in [1.807, 2.05) is 0 Å². The van der Waals surface area contributed by atoms with E-state index in [4.69, 9.17) is 4.74 Å². The molecule has 3 rings (SSSR count). The van der Waals surface area contributed by atoms with E-state index in [1.54, 1.807) is 6.07 Å². The summed E-state index contributed by atoms with van der Waals surface area (Å²) in [4.78, 5) is 12.0. The summed E-state index contributed by atoms with van der Waals surface area (Å²) in [6, 6.07) is 4.35. The molecular weight excluding hydrogens is 223 g/mol. The number of amides is 1. The number of hydrogen-bond acceptors (Lipinski definition) is 3. The standard InChI is InChI=1S/C12H13FN2O2/c13-7-1-2-10-11(5-7)14-9-3-4-17-6-8(9)12(16)15-10/h1-2,5,8-9,14H,3-4,6H2,(H,15,16). The molecule has 17 heavy (non-hydrogen) atoms. The zero-order valence-electron chi connectivity index (χ0n) is 9.20. The van der Waals surface area contributed by atoms with Gasteiger partial charge in [-0.25, -0.2) is 4.39 Å². The SMILES string of the molecule is O=C1Nc2ccc(F)cc2NC2CCOCC12. The van der Waals surface area contributed by atoms with E-state index in [-0.39, 0.29) is 23.7 Å². The maximum absolute atomic E-state index is 13.2. The van der Waals surface area contributed by atoms with Gasteiger partial charge in [-0.05, 0) is 24.6 Å². The van der Waals surface area contributed by atoms with Gasteiger partial charge in [0.2, 0.25) is 5.91 Å². The van der Waals surface area contributed by atoms with Crippen molar-refractivity contribution in [3.63, 3.8) is 0 Å². The first kappa shape index (κ1) is 10.5. The van der Waals surface area contributed by atoms with Crippen LogP contribution in [0, 0.1) is 11.7 Å². The highest BCUT2D eigenvalue weighted by Crippen LogP contribution is 2.31. The average Bonchev–Trinajstić information content (AvgIpc) is 2.46. The highest BCUT2D eigenvalue weighted by Gasteiger charge is 2.34. The highest BCUT2D eigenvalue weighted by atomic mass is 19.1. The summed E-state index contributed by atoms with van der Waals surface area (Å²) < 4.78 is 18.5. The molecule has 1 saturated heterocycles. The van der Waals surface area contributed by atoms with Gasteiger partial charge in [0.05, 0.1) is 23.9 Å². The van der Waals surface area contributed by atoms with Crippen LogP contribution >= 0.6 is 0 Å². The van der Waals surface area contributed by atoms with E-state index in [9.17, 15) is 9.18 Å². The van der Waals surface area contributed by atoms with Gasteiger partial charge in [-0.15, -0.1) is 0 Å². The lowest BCUT2D eigenvalue weighted by molar-refractivity contribution is -0.124. The number of rotatable bonds is 0. The molecule has 0 bridgehead atoms. The van der Waals surface area contributed by atoms with Crippen molar-refractivity contribution in [3.05, 3.63) is 24.0 Å². The molecule has 2 heterocycles. The molecule has 90 valence electrons. The van der Waals surface area contributed by atoms with E-state index >= 15 is 0 Å². The zero-order valence-corrected chi connectivity index (χ0v) is 9.20. The van der Waals surface area contributed by atoms with Gasteiger partial charge in [-0.3, -0.25) is 4.79 Å².